The zero-order valence-electron chi connectivity index (χ0n) is 7.29. The van der Waals surface area contributed by atoms with Crippen molar-refractivity contribution >= 4 is 24.9 Å². The van der Waals surface area contributed by atoms with Crippen molar-refractivity contribution in [1.82, 2.24) is 4.98 Å². The molecule has 1 rings (SSSR count). The zero-order valence-corrected chi connectivity index (χ0v) is 7.29. The molecule has 1 heterocycles. The highest BCUT2D eigenvalue weighted by molar-refractivity contribution is 6.35. The molecule has 2 N–H and O–H groups in total. The monoisotopic (exact) mass is 162 g/mol. The van der Waals surface area contributed by atoms with Crippen LogP contribution in [-0.4, -0.2) is 19.9 Å². The third kappa shape index (κ3) is 1.58. The number of nitrogens with two attached hydrogens (primary N) is 1. The molecule has 0 aliphatic rings. The van der Waals surface area contributed by atoms with Crippen LogP contribution >= 0.6 is 0 Å². The molecule has 0 atom stereocenters. The number of rotatable bonds is 2. The first-order chi connectivity index (χ1) is 5.65. The molecule has 0 saturated carbocycles. The van der Waals surface area contributed by atoms with Crippen molar-refractivity contribution < 1.29 is 4.74 Å². The number of ether oxygens (including phenoxy) is 1. The fourth-order valence-corrected chi connectivity index (χ4v) is 0.804. The van der Waals surface area contributed by atoms with Gasteiger partial charge in [0.15, 0.2) is 0 Å². The molecule has 0 amide bonds. The van der Waals surface area contributed by atoms with Crippen molar-refractivity contribution in [2.45, 2.75) is 0 Å². The van der Waals surface area contributed by atoms with Crippen molar-refractivity contribution in [2.75, 3.05) is 12.8 Å². The van der Waals surface area contributed by atoms with Gasteiger partial charge in [0.25, 0.3) is 0 Å². The predicted molar refractivity (Wildman–Crippen MR) is 52.9 cm³/mol. The van der Waals surface area contributed by atoms with Gasteiger partial charge in [0, 0.05) is 0 Å². The molecule has 0 spiro atoms. The number of nitrogen functional groups attached to an aromatic ring is 1. The first kappa shape index (κ1) is 8.65. The molecule has 0 aliphatic carbocycles. The van der Waals surface area contributed by atoms with E-state index in [0.717, 1.165) is 5.46 Å². The minimum atomic E-state index is 0.519. The first-order valence-corrected chi connectivity index (χ1v) is 3.61. The minimum Gasteiger partial charge on any atom is -0.495 e. The van der Waals surface area contributed by atoms with E-state index in [1.165, 1.54) is 0 Å². The van der Waals surface area contributed by atoms with Gasteiger partial charge in [-0.3, -0.25) is 0 Å². The Hall–Kier alpha value is -1.45. The smallest absolute Gasteiger partial charge is 0.144 e. The van der Waals surface area contributed by atoms with Crippen LogP contribution in [0.3, 0.4) is 0 Å². The van der Waals surface area contributed by atoms with Gasteiger partial charge in [-0.25, -0.2) is 4.98 Å². The summed E-state index contributed by atoms with van der Waals surface area (Å²) >= 11 is 0. The maximum absolute atomic E-state index is 5.61. The van der Waals surface area contributed by atoms with Crippen LogP contribution < -0.4 is 11.2 Å². The molecule has 62 valence electrons. The number of hydrogen-bond donors (Lipinski definition) is 1. The third-order valence-electron chi connectivity index (χ3n) is 1.67. The SMILES string of the molecule is Bc1ccc(C(=C)OC)nc1N. The van der Waals surface area contributed by atoms with Crippen LogP contribution in [0.4, 0.5) is 5.82 Å². The van der Waals surface area contributed by atoms with Gasteiger partial charge >= 0.3 is 0 Å². The van der Waals surface area contributed by atoms with Gasteiger partial charge < -0.3 is 10.5 Å². The van der Waals surface area contributed by atoms with E-state index >= 15 is 0 Å². The van der Waals surface area contributed by atoms with Crippen molar-refractivity contribution in [3.63, 3.8) is 0 Å². The van der Waals surface area contributed by atoms with E-state index in [1.54, 1.807) is 7.11 Å². The summed E-state index contributed by atoms with van der Waals surface area (Å²) in [5.41, 5.74) is 7.25. The molecule has 0 unspecified atom stereocenters. The van der Waals surface area contributed by atoms with Gasteiger partial charge in [-0.2, -0.15) is 0 Å². The fourth-order valence-electron chi connectivity index (χ4n) is 0.804. The first-order valence-electron chi connectivity index (χ1n) is 3.61. The Morgan fingerprint density at radius 2 is 2.33 bits per heavy atom. The Labute approximate surface area is 72.7 Å². The number of pyridine rings is 1. The standard InChI is InChI=1S/C8H11BN2O/c1-5(12-2)7-4-3-6(9)8(10)11-7/h3-4H,1,9H2,2H3,(H2,10,11). The molecular weight excluding hydrogens is 151 g/mol. The summed E-state index contributed by atoms with van der Waals surface area (Å²) < 4.78 is 4.92. The lowest BCUT2D eigenvalue weighted by Gasteiger charge is -2.05. The maximum atomic E-state index is 5.61. The highest BCUT2D eigenvalue weighted by Crippen LogP contribution is 2.09. The summed E-state index contributed by atoms with van der Waals surface area (Å²) in [5, 5.41) is 0. The second-order valence-corrected chi connectivity index (χ2v) is 2.53. The van der Waals surface area contributed by atoms with Crippen LogP contribution in [0.2, 0.25) is 0 Å². The lowest BCUT2D eigenvalue weighted by atomic mass is 9.97. The van der Waals surface area contributed by atoms with E-state index in [9.17, 15) is 0 Å². The van der Waals surface area contributed by atoms with E-state index in [1.807, 2.05) is 20.0 Å². The van der Waals surface area contributed by atoms with Gasteiger partial charge in [-0.05, 0) is 11.5 Å². The van der Waals surface area contributed by atoms with Crippen molar-refractivity contribution in [1.29, 1.82) is 0 Å². The molecule has 0 aromatic carbocycles. The molecule has 4 heteroatoms. The fraction of sp³-hybridized carbons (Fsp3) is 0.125. The van der Waals surface area contributed by atoms with Crippen LogP contribution in [0.5, 0.6) is 0 Å². The van der Waals surface area contributed by atoms with E-state index in [2.05, 4.69) is 11.6 Å². The molecule has 12 heavy (non-hydrogen) atoms. The molecular formula is C8H11BN2O. The second kappa shape index (κ2) is 3.30. The van der Waals surface area contributed by atoms with Crippen molar-refractivity contribution in [3.05, 3.63) is 24.4 Å². The van der Waals surface area contributed by atoms with Gasteiger partial charge in [0.1, 0.15) is 25.1 Å². The van der Waals surface area contributed by atoms with Crippen LogP contribution in [-0.2, 0) is 4.74 Å². The third-order valence-corrected chi connectivity index (χ3v) is 1.67. The summed E-state index contributed by atoms with van der Waals surface area (Å²) in [6, 6.07) is 3.72. The minimum absolute atomic E-state index is 0.519. The van der Waals surface area contributed by atoms with Crippen LogP contribution in [0.25, 0.3) is 5.76 Å². The maximum Gasteiger partial charge on any atom is 0.144 e. The number of methoxy groups -OCH3 is 1. The average Bonchev–Trinajstić information content (AvgIpc) is 2.08. The van der Waals surface area contributed by atoms with Gasteiger partial charge in [0.05, 0.1) is 7.11 Å². The van der Waals surface area contributed by atoms with Crippen LogP contribution in [0, 0.1) is 0 Å². The van der Waals surface area contributed by atoms with Crippen molar-refractivity contribution in [2.24, 2.45) is 0 Å². The summed E-state index contributed by atoms with van der Waals surface area (Å²) in [6.07, 6.45) is 0. The largest absolute Gasteiger partial charge is 0.495 e. The molecule has 0 saturated heterocycles. The molecule has 0 bridgehead atoms. The molecule has 1 aromatic heterocycles. The van der Waals surface area contributed by atoms with Gasteiger partial charge in [0.2, 0.25) is 0 Å². The average molecular weight is 162 g/mol. The molecule has 1 aromatic rings. The van der Waals surface area contributed by atoms with E-state index in [0.29, 0.717) is 17.3 Å². The van der Waals surface area contributed by atoms with E-state index in [4.69, 9.17) is 10.5 Å². The highest BCUT2D eigenvalue weighted by Gasteiger charge is 2.01. The Morgan fingerprint density at radius 3 is 2.83 bits per heavy atom. The zero-order chi connectivity index (χ0) is 9.14. The number of hydrogen-bond acceptors (Lipinski definition) is 3. The number of aromatic nitrogens is 1. The Morgan fingerprint density at radius 1 is 1.67 bits per heavy atom. The normalized spacial score (nSPS) is 9.42. The van der Waals surface area contributed by atoms with Crippen LogP contribution in [0.1, 0.15) is 5.69 Å². The molecule has 3 nitrogen and oxygen atoms in total. The topological polar surface area (TPSA) is 48.1 Å². The second-order valence-electron chi connectivity index (χ2n) is 2.53. The lowest BCUT2D eigenvalue weighted by molar-refractivity contribution is 0.369. The van der Waals surface area contributed by atoms with Gasteiger partial charge in [-0.15, -0.1) is 0 Å². The van der Waals surface area contributed by atoms with E-state index in [-0.39, 0.29) is 0 Å². The lowest BCUT2D eigenvalue weighted by Crippen LogP contribution is -2.12. The number of anilines is 1. The Balaban J connectivity index is 3.05. The number of nitrogens with zero attached hydrogens (tertiary/aromatic N) is 1. The quantitative estimate of drug-likeness (QED) is 0.472. The van der Waals surface area contributed by atoms with Crippen LogP contribution in [0.15, 0.2) is 18.7 Å². The molecule has 0 aliphatic heterocycles. The predicted octanol–water partition coefficient (Wildman–Crippen LogP) is -0.461. The molecule has 0 radical (unpaired) electrons. The van der Waals surface area contributed by atoms with Crippen molar-refractivity contribution in [3.8, 4) is 0 Å². The molecule has 0 fully saturated rings. The van der Waals surface area contributed by atoms with Gasteiger partial charge in [-0.1, -0.05) is 12.6 Å². The highest BCUT2D eigenvalue weighted by atomic mass is 16.5. The summed E-state index contributed by atoms with van der Waals surface area (Å²) in [7, 11) is 3.46. The Bertz CT molecular complexity index is 312. The summed E-state index contributed by atoms with van der Waals surface area (Å²) in [6.45, 7) is 3.67. The summed E-state index contributed by atoms with van der Waals surface area (Å²) in [5.74, 6) is 1.05. The van der Waals surface area contributed by atoms with E-state index < -0.39 is 0 Å². The summed E-state index contributed by atoms with van der Waals surface area (Å²) in [4.78, 5) is 4.10. The Kier molecular flexibility index (Phi) is 2.38.